The number of nitrogens with one attached hydrogen (secondary N) is 1. The monoisotopic (exact) mass is 494 g/mol. The molecule has 0 unspecified atom stereocenters. The molecule has 176 valence electrons. The van der Waals surface area contributed by atoms with Gasteiger partial charge >= 0.3 is 5.97 Å². The van der Waals surface area contributed by atoms with Gasteiger partial charge in [-0.1, -0.05) is 23.7 Å². The van der Waals surface area contributed by atoms with E-state index >= 15 is 0 Å². The summed E-state index contributed by atoms with van der Waals surface area (Å²) >= 11 is 6.11. The second kappa shape index (κ2) is 11.3. The average Bonchev–Trinajstić information content (AvgIpc) is 2.83. The lowest BCUT2D eigenvalue weighted by molar-refractivity contribution is -0.142. The molecule has 1 aliphatic rings. The lowest BCUT2D eigenvalue weighted by Crippen LogP contribution is -2.40. The molecule has 2 aromatic carbocycles. The smallest absolute Gasteiger partial charge is 0.331 e. The van der Waals surface area contributed by atoms with Gasteiger partial charge in [-0.3, -0.25) is 4.79 Å². The summed E-state index contributed by atoms with van der Waals surface area (Å²) in [5, 5.41) is 2.54. The molecule has 0 atom stereocenters. The first-order valence-corrected chi connectivity index (χ1v) is 11.8. The Hall–Kier alpha value is -2.92. The quantitative estimate of drug-likeness (QED) is 0.443. The summed E-state index contributed by atoms with van der Waals surface area (Å²) in [5.74, 6) is -0.697. The molecule has 9 nitrogen and oxygen atoms in total. The minimum atomic E-state index is -3.85. The van der Waals surface area contributed by atoms with Crippen molar-refractivity contribution in [2.24, 2.45) is 0 Å². The summed E-state index contributed by atoms with van der Waals surface area (Å²) in [6.07, 6.45) is 2.72. The Morgan fingerprint density at radius 2 is 1.94 bits per heavy atom. The SMILES string of the molecule is COc1cccc(/C=C/C(=O)OCC(=O)Nc2ccc(Cl)c(S(=O)(=O)N3CCOCC3)c2)c1. The minimum absolute atomic E-state index is 0.0357. The van der Waals surface area contributed by atoms with Crippen LogP contribution in [-0.2, 0) is 29.1 Å². The number of esters is 1. The second-order valence-corrected chi connectivity index (χ2v) is 9.24. The van der Waals surface area contributed by atoms with E-state index in [4.69, 9.17) is 25.8 Å². The number of nitrogens with zero attached hydrogens (tertiary/aromatic N) is 1. The number of anilines is 1. The van der Waals surface area contributed by atoms with Crippen LogP contribution in [0.1, 0.15) is 5.56 Å². The molecule has 1 fully saturated rings. The first-order chi connectivity index (χ1) is 15.8. The Balaban J connectivity index is 1.58. The second-order valence-electron chi connectivity index (χ2n) is 6.93. The topological polar surface area (TPSA) is 111 Å². The van der Waals surface area contributed by atoms with Gasteiger partial charge in [0.05, 0.1) is 25.3 Å². The number of carbonyl (C=O) groups is 2. The standard InChI is InChI=1S/C22H23ClN2O7S/c1-30-18-4-2-3-16(13-18)5-8-22(27)32-15-21(26)24-17-6-7-19(23)20(14-17)33(28,29)25-9-11-31-12-10-25/h2-8,13-14H,9-12,15H2,1H3,(H,24,26)/b8-5+. The molecule has 11 heteroatoms. The molecule has 0 radical (unpaired) electrons. The number of sulfonamides is 1. The van der Waals surface area contributed by atoms with Crippen LogP contribution in [0, 0.1) is 0 Å². The van der Waals surface area contributed by atoms with E-state index in [1.807, 2.05) is 0 Å². The fourth-order valence-corrected chi connectivity index (χ4v) is 4.90. The lowest BCUT2D eigenvalue weighted by atomic mass is 10.2. The van der Waals surface area contributed by atoms with Crippen molar-refractivity contribution in [2.45, 2.75) is 4.90 Å². The number of amides is 1. The van der Waals surface area contributed by atoms with E-state index in [-0.39, 0.29) is 28.7 Å². The van der Waals surface area contributed by atoms with Crippen molar-refractivity contribution in [3.8, 4) is 5.75 Å². The van der Waals surface area contributed by atoms with Crippen LogP contribution in [0.2, 0.25) is 5.02 Å². The first-order valence-electron chi connectivity index (χ1n) is 9.96. The maximum atomic E-state index is 12.9. The van der Waals surface area contributed by atoms with E-state index in [0.717, 1.165) is 5.56 Å². The summed E-state index contributed by atoms with van der Waals surface area (Å²) in [4.78, 5) is 24.0. The van der Waals surface area contributed by atoms with Gasteiger partial charge in [0, 0.05) is 24.9 Å². The number of benzene rings is 2. The Morgan fingerprint density at radius 1 is 1.18 bits per heavy atom. The zero-order chi connectivity index (χ0) is 23.8. The molecular formula is C22H23ClN2O7S. The van der Waals surface area contributed by atoms with Gasteiger partial charge in [0.25, 0.3) is 5.91 Å². The van der Waals surface area contributed by atoms with Crippen LogP contribution in [0.15, 0.2) is 53.4 Å². The van der Waals surface area contributed by atoms with Crippen LogP contribution in [0.3, 0.4) is 0 Å². The van der Waals surface area contributed by atoms with Crippen molar-refractivity contribution >= 4 is 45.3 Å². The van der Waals surface area contributed by atoms with Gasteiger partial charge in [0.1, 0.15) is 10.6 Å². The molecule has 1 N–H and O–H groups in total. The number of morpholine rings is 1. The number of methoxy groups -OCH3 is 1. The number of halogens is 1. The van der Waals surface area contributed by atoms with E-state index in [0.29, 0.717) is 19.0 Å². The molecule has 0 aliphatic carbocycles. The number of hydrogen-bond donors (Lipinski definition) is 1. The van der Waals surface area contributed by atoms with Crippen molar-refractivity contribution < 1.29 is 32.2 Å². The Labute approximate surface area is 196 Å². The van der Waals surface area contributed by atoms with Crippen molar-refractivity contribution in [3.63, 3.8) is 0 Å². The van der Waals surface area contributed by atoms with Crippen molar-refractivity contribution in [1.29, 1.82) is 0 Å². The van der Waals surface area contributed by atoms with Gasteiger partial charge in [-0.25, -0.2) is 13.2 Å². The van der Waals surface area contributed by atoms with Crippen LogP contribution >= 0.6 is 11.6 Å². The van der Waals surface area contributed by atoms with E-state index in [1.165, 1.54) is 41.8 Å². The molecule has 3 rings (SSSR count). The van der Waals surface area contributed by atoms with Crippen LogP contribution in [-0.4, -0.2) is 64.6 Å². The predicted octanol–water partition coefficient (Wildman–Crippen LogP) is 2.56. The molecule has 1 heterocycles. The van der Waals surface area contributed by atoms with Crippen molar-refractivity contribution in [1.82, 2.24) is 4.31 Å². The predicted molar refractivity (Wildman–Crippen MR) is 123 cm³/mol. The van der Waals surface area contributed by atoms with Crippen LogP contribution in [0.4, 0.5) is 5.69 Å². The summed E-state index contributed by atoms with van der Waals surface area (Å²) in [5.41, 5.74) is 0.935. The first kappa shape index (κ1) is 24.7. The molecule has 2 aromatic rings. The van der Waals surface area contributed by atoms with Gasteiger partial charge in [-0.05, 0) is 42.0 Å². The van der Waals surface area contributed by atoms with Gasteiger partial charge in [0.2, 0.25) is 10.0 Å². The molecule has 0 bridgehead atoms. The van der Waals surface area contributed by atoms with Crippen LogP contribution in [0.25, 0.3) is 6.08 Å². The molecule has 33 heavy (non-hydrogen) atoms. The highest BCUT2D eigenvalue weighted by molar-refractivity contribution is 7.89. The maximum Gasteiger partial charge on any atom is 0.331 e. The molecule has 1 amide bonds. The number of carbonyl (C=O) groups excluding carboxylic acids is 2. The van der Waals surface area contributed by atoms with Gasteiger partial charge in [-0.15, -0.1) is 0 Å². The Kier molecular flexibility index (Phi) is 8.45. The van der Waals surface area contributed by atoms with E-state index in [1.54, 1.807) is 24.3 Å². The Bertz CT molecular complexity index is 1150. The van der Waals surface area contributed by atoms with Crippen LogP contribution in [0.5, 0.6) is 5.75 Å². The minimum Gasteiger partial charge on any atom is -0.497 e. The summed E-state index contributed by atoms with van der Waals surface area (Å²) in [6.45, 7) is 0.480. The zero-order valence-corrected chi connectivity index (χ0v) is 19.4. The normalized spacial score (nSPS) is 14.7. The molecular weight excluding hydrogens is 472 g/mol. The summed E-state index contributed by atoms with van der Waals surface area (Å²) < 4.78 is 42.3. The molecule has 0 aromatic heterocycles. The van der Waals surface area contributed by atoms with Gasteiger partial charge in [-0.2, -0.15) is 4.31 Å². The van der Waals surface area contributed by atoms with Gasteiger partial charge < -0.3 is 19.5 Å². The highest BCUT2D eigenvalue weighted by atomic mass is 35.5. The third-order valence-electron chi connectivity index (χ3n) is 4.65. The van der Waals surface area contributed by atoms with Crippen molar-refractivity contribution in [2.75, 3.05) is 45.3 Å². The summed E-state index contributed by atoms with van der Waals surface area (Å²) in [7, 11) is -2.31. The third kappa shape index (κ3) is 6.78. The fourth-order valence-electron chi connectivity index (χ4n) is 3.00. The molecule has 1 saturated heterocycles. The Morgan fingerprint density at radius 3 is 2.67 bits per heavy atom. The molecule has 1 aliphatic heterocycles. The van der Waals surface area contributed by atoms with Gasteiger partial charge in [0.15, 0.2) is 6.61 Å². The molecule has 0 spiro atoms. The summed E-state index contributed by atoms with van der Waals surface area (Å²) in [6, 6.07) is 11.2. The highest BCUT2D eigenvalue weighted by Gasteiger charge is 2.28. The van der Waals surface area contributed by atoms with E-state index < -0.39 is 28.5 Å². The number of rotatable bonds is 8. The largest absolute Gasteiger partial charge is 0.497 e. The average molecular weight is 495 g/mol. The van der Waals surface area contributed by atoms with Crippen molar-refractivity contribution in [3.05, 3.63) is 59.1 Å². The van der Waals surface area contributed by atoms with E-state index in [9.17, 15) is 18.0 Å². The highest BCUT2D eigenvalue weighted by Crippen LogP contribution is 2.28. The van der Waals surface area contributed by atoms with E-state index in [2.05, 4.69) is 5.32 Å². The number of ether oxygens (including phenoxy) is 3. The maximum absolute atomic E-state index is 12.9. The lowest BCUT2D eigenvalue weighted by Gasteiger charge is -2.26. The van der Waals surface area contributed by atoms with Crippen LogP contribution < -0.4 is 10.1 Å². The fraction of sp³-hybridized carbons (Fsp3) is 0.273. The number of hydrogen-bond acceptors (Lipinski definition) is 7. The zero-order valence-electron chi connectivity index (χ0n) is 17.8. The molecule has 0 saturated carbocycles. The third-order valence-corrected chi connectivity index (χ3v) is 7.03.